The van der Waals surface area contributed by atoms with Crippen molar-refractivity contribution in [1.82, 2.24) is 20.6 Å². The maximum Gasteiger partial charge on any atom is 0.225 e. The standard InChI is InChI=1S/C23H34N6.HI/c1-3-4-12-24-22(27-16-20-10-8-19(2)9-11-20)28-17-21-7-5-15-29(18-21)23-25-13-6-14-26-23;/h6,8-11,13-14,21H,3-5,7,12,15-18H2,1-2H3,(H2,24,27,28);1H. The fourth-order valence-corrected chi connectivity index (χ4v) is 3.53. The Morgan fingerprint density at radius 3 is 2.67 bits per heavy atom. The van der Waals surface area contributed by atoms with Crippen LogP contribution in [0.5, 0.6) is 0 Å². The number of aryl methyl sites for hydroxylation is 1. The molecule has 1 atom stereocenters. The van der Waals surface area contributed by atoms with Crippen molar-refractivity contribution in [3.8, 4) is 0 Å². The Balaban J connectivity index is 0.00000320. The molecule has 0 bridgehead atoms. The number of piperidine rings is 1. The number of nitrogens with one attached hydrogen (secondary N) is 2. The molecular weight excluding hydrogens is 487 g/mol. The number of unbranched alkanes of at least 4 members (excludes halogenated alkanes) is 1. The third kappa shape index (κ3) is 8.08. The summed E-state index contributed by atoms with van der Waals surface area (Å²) in [6.07, 6.45) is 8.34. The minimum atomic E-state index is 0. The van der Waals surface area contributed by atoms with E-state index >= 15 is 0 Å². The molecule has 0 radical (unpaired) electrons. The quantitative estimate of drug-likeness (QED) is 0.236. The van der Waals surface area contributed by atoms with E-state index in [1.807, 2.05) is 18.5 Å². The van der Waals surface area contributed by atoms with Gasteiger partial charge in [0.1, 0.15) is 0 Å². The Labute approximate surface area is 198 Å². The number of benzene rings is 1. The smallest absolute Gasteiger partial charge is 0.225 e. The molecule has 6 nitrogen and oxygen atoms in total. The van der Waals surface area contributed by atoms with Crippen molar-refractivity contribution in [2.75, 3.05) is 31.1 Å². The number of halogens is 1. The highest BCUT2D eigenvalue weighted by Crippen LogP contribution is 2.19. The molecule has 1 aromatic carbocycles. The summed E-state index contributed by atoms with van der Waals surface area (Å²) in [6.45, 7) is 8.89. The highest BCUT2D eigenvalue weighted by molar-refractivity contribution is 14.0. The van der Waals surface area contributed by atoms with Gasteiger partial charge in [-0.2, -0.15) is 0 Å². The molecule has 3 rings (SSSR count). The minimum absolute atomic E-state index is 0. The van der Waals surface area contributed by atoms with Crippen LogP contribution in [-0.2, 0) is 6.54 Å². The summed E-state index contributed by atoms with van der Waals surface area (Å²) in [4.78, 5) is 15.9. The highest BCUT2D eigenvalue weighted by Gasteiger charge is 2.21. The SMILES string of the molecule is CCCCNC(=NCc1ccc(C)cc1)NCC1CCCN(c2ncccn2)C1.I. The van der Waals surface area contributed by atoms with E-state index in [0.717, 1.165) is 44.5 Å². The highest BCUT2D eigenvalue weighted by atomic mass is 127. The molecule has 2 N–H and O–H groups in total. The van der Waals surface area contributed by atoms with Crippen LogP contribution in [0, 0.1) is 12.8 Å². The van der Waals surface area contributed by atoms with Gasteiger partial charge >= 0.3 is 0 Å². The maximum absolute atomic E-state index is 4.81. The van der Waals surface area contributed by atoms with Gasteiger partial charge in [0.05, 0.1) is 6.54 Å². The van der Waals surface area contributed by atoms with Gasteiger partial charge in [0.25, 0.3) is 0 Å². The van der Waals surface area contributed by atoms with Crippen molar-refractivity contribution in [3.63, 3.8) is 0 Å². The Morgan fingerprint density at radius 1 is 1.17 bits per heavy atom. The summed E-state index contributed by atoms with van der Waals surface area (Å²) < 4.78 is 0. The van der Waals surface area contributed by atoms with Gasteiger partial charge in [-0.1, -0.05) is 43.2 Å². The van der Waals surface area contributed by atoms with Crippen LogP contribution in [0.3, 0.4) is 0 Å². The first-order chi connectivity index (χ1) is 14.2. The lowest BCUT2D eigenvalue weighted by molar-refractivity contribution is 0.406. The van der Waals surface area contributed by atoms with Gasteiger partial charge in [0.15, 0.2) is 5.96 Å². The molecule has 1 aliphatic heterocycles. The Bertz CT molecular complexity index is 750. The van der Waals surface area contributed by atoms with E-state index in [1.54, 1.807) is 0 Å². The molecule has 1 unspecified atom stereocenters. The molecule has 1 aromatic heterocycles. The summed E-state index contributed by atoms with van der Waals surface area (Å²) in [7, 11) is 0. The van der Waals surface area contributed by atoms with Gasteiger partial charge < -0.3 is 15.5 Å². The van der Waals surface area contributed by atoms with Crippen LogP contribution in [0.25, 0.3) is 0 Å². The van der Waals surface area contributed by atoms with Crippen LogP contribution < -0.4 is 15.5 Å². The fraction of sp³-hybridized carbons (Fsp3) is 0.522. The maximum atomic E-state index is 4.81. The van der Waals surface area contributed by atoms with Crippen LogP contribution in [-0.4, -0.2) is 42.1 Å². The second-order valence-corrected chi connectivity index (χ2v) is 7.81. The van der Waals surface area contributed by atoms with Crippen LogP contribution in [0.4, 0.5) is 5.95 Å². The van der Waals surface area contributed by atoms with Crippen molar-refractivity contribution in [1.29, 1.82) is 0 Å². The first-order valence-corrected chi connectivity index (χ1v) is 10.8. The zero-order valence-corrected chi connectivity index (χ0v) is 20.5. The summed E-state index contributed by atoms with van der Waals surface area (Å²) in [5.74, 6) is 2.31. The zero-order valence-electron chi connectivity index (χ0n) is 18.2. The number of hydrogen-bond donors (Lipinski definition) is 2. The van der Waals surface area contributed by atoms with Crippen LogP contribution in [0.15, 0.2) is 47.7 Å². The van der Waals surface area contributed by atoms with Crippen molar-refractivity contribution in [2.24, 2.45) is 10.9 Å². The molecule has 164 valence electrons. The van der Waals surface area contributed by atoms with Crippen molar-refractivity contribution in [3.05, 3.63) is 53.9 Å². The number of guanidine groups is 1. The predicted octanol–water partition coefficient (Wildman–Crippen LogP) is 4.15. The number of aliphatic imine (C=N–C) groups is 1. The lowest BCUT2D eigenvalue weighted by Gasteiger charge is -2.33. The van der Waals surface area contributed by atoms with Crippen LogP contribution in [0.2, 0.25) is 0 Å². The molecule has 0 amide bonds. The Hall–Kier alpha value is -1.90. The van der Waals surface area contributed by atoms with Crippen LogP contribution in [0.1, 0.15) is 43.7 Å². The van der Waals surface area contributed by atoms with Gasteiger partial charge in [0, 0.05) is 38.6 Å². The van der Waals surface area contributed by atoms with E-state index in [9.17, 15) is 0 Å². The number of rotatable bonds is 8. The Morgan fingerprint density at radius 2 is 1.93 bits per heavy atom. The van der Waals surface area contributed by atoms with Crippen molar-refractivity contribution < 1.29 is 0 Å². The molecule has 0 saturated carbocycles. The number of anilines is 1. The summed E-state index contributed by atoms with van der Waals surface area (Å²) >= 11 is 0. The monoisotopic (exact) mass is 522 g/mol. The van der Waals surface area contributed by atoms with Gasteiger partial charge in [-0.05, 0) is 43.7 Å². The van der Waals surface area contributed by atoms with E-state index < -0.39 is 0 Å². The first-order valence-electron chi connectivity index (χ1n) is 10.8. The second kappa shape index (κ2) is 13.4. The summed E-state index contributed by atoms with van der Waals surface area (Å²) in [5, 5.41) is 7.06. The van der Waals surface area contributed by atoms with Gasteiger partial charge in [-0.15, -0.1) is 24.0 Å². The third-order valence-electron chi connectivity index (χ3n) is 5.28. The Kier molecular flexibility index (Phi) is 10.9. The molecule has 30 heavy (non-hydrogen) atoms. The minimum Gasteiger partial charge on any atom is -0.356 e. The number of nitrogens with zero attached hydrogens (tertiary/aromatic N) is 4. The van der Waals surface area contributed by atoms with Gasteiger partial charge in [-0.25, -0.2) is 15.0 Å². The summed E-state index contributed by atoms with van der Waals surface area (Å²) in [6, 6.07) is 10.5. The van der Waals surface area contributed by atoms with E-state index in [-0.39, 0.29) is 24.0 Å². The van der Waals surface area contributed by atoms with E-state index in [0.29, 0.717) is 12.5 Å². The van der Waals surface area contributed by atoms with E-state index in [2.05, 4.69) is 63.6 Å². The molecule has 7 heteroatoms. The topological polar surface area (TPSA) is 65.4 Å². The lowest BCUT2D eigenvalue weighted by atomic mass is 9.98. The van der Waals surface area contributed by atoms with Crippen molar-refractivity contribution >= 4 is 35.9 Å². The first kappa shape index (κ1) is 24.4. The molecule has 1 aliphatic rings. The molecule has 1 saturated heterocycles. The lowest BCUT2D eigenvalue weighted by Crippen LogP contribution is -2.45. The molecular formula is C23H35IN6. The number of hydrogen-bond acceptors (Lipinski definition) is 4. The third-order valence-corrected chi connectivity index (χ3v) is 5.28. The molecule has 2 heterocycles. The largest absolute Gasteiger partial charge is 0.356 e. The van der Waals surface area contributed by atoms with Gasteiger partial charge in [0.2, 0.25) is 5.95 Å². The normalized spacial score (nSPS) is 16.7. The molecule has 1 fully saturated rings. The van der Waals surface area contributed by atoms with E-state index in [1.165, 1.54) is 30.4 Å². The molecule has 0 aliphatic carbocycles. The van der Waals surface area contributed by atoms with Gasteiger partial charge in [-0.3, -0.25) is 0 Å². The molecule has 2 aromatic rings. The second-order valence-electron chi connectivity index (χ2n) is 7.81. The average molecular weight is 522 g/mol. The van der Waals surface area contributed by atoms with Crippen LogP contribution >= 0.6 is 24.0 Å². The van der Waals surface area contributed by atoms with Crippen molar-refractivity contribution in [2.45, 2.75) is 46.1 Å². The number of aromatic nitrogens is 2. The molecule has 0 spiro atoms. The average Bonchev–Trinajstić information content (AvgIpc) is 2.77. The fourth-order valence-electron chi connectivity index (χ4n) is 3.53. The predicted molar refractivity (Wildman–Crippen MR) is 136 cm³/mol. The van der Waals surface area contributed by atoms with E-state index in [4.69, 9.17) is 4.99 Å². The zero-order chi connectivity index (χ0) is 20.3. The summed E-state index contributed by atoms with van der Waals surface area (Å²) in [5.41, 5.74) is 2.51.